The van der Waals surface area contributed by atoms with Gasteiger partial charge < -0.3 is 9.42 Å². The van der Waals surface area contributed by atoms with Crippen molar-refractivity contribution in [2.75, 3.05) is 19.6 Å². The Morgan fingerprint density at radius 3 is 2.57 bits per heavy atom. The van der Waals surface area contributed by atoms with Crippen molar-refractivity contribution in [3.05, 3.63) is 47.6 Å². The molecule has 0 spiro atoms. The number of benzene rings is 1. The second kappa shape index (κ2) is 7.69. The van der Waals surface area contributed by atoms with E-state index in [-0.39, 0.29) is 12.2 Å². The van der Waals surface area contributed by atoms with Crippen LogP contribution < -0.4 is 0 Å². The number of carbonyl (C=O) groups excluding carboxylic acids is 1. The fourth-order valence-electron chi connectivity index (χ4n) is 2.12. The van der Waals surface area contributed by atoms with Gasteiger partial charge in [-0.1, -0.05) is 49.3 Å². The zero-order chi connectivity index (χ0) is 15.1. The molecule has 0 fully saturated rings. The molecule has 5 nitrogen and oxygen atoms in total. The lowest BCUT2D eigenvalue weighted by atomic mass is 10.1. The lowest BCUT2D eigenvalue weighted by molar-refractivity contribution is 0.0983. The summed E-state index contributed by atoms with van der Waals surface area (Å²) in [5.41, 5.74) is 0.667. The van der Waals surface area contributed by atoms with Crippen molar-refractivity contribution in [1.82, 2.24) is 15.0 Å². The molecule has 112 valence electrons. The van der Waals surface area contributed by atoms with Gasteiger partial charge in [0.25, 0.3) is 0 Å². The molecule has 2 aromatic rings. The monoisotopic (exact) mass is 287 g/mol. The number of Topliss-reactive ketones (excluding diaryl/α,β-unsaturated/α-hetero) is 1. The molecule has 21 heavy (non-hydrogen) atoms. The first-order chi connectivity index (χ1) is 10.2. The maximum atomic E-state index is 12.0. The van der Waals surface area contributed by atoms with Gasteiger partial charge in [0.15, 0.2) is 11.6 Å². The number of ketones is 1. The number of rotatable bonds is 8. The summed E-state index contributed by atoms with van der Waals surface area (Å²) < 4.78 is 5.16. The van der Waals surface area contributed by atoms with Crippen molar-refractivity contribution in [1.29, 1.82) is 0 Å². The Balaban J connectivity index is 1.90. The van der Waals surface area contributed by atoms with Crippen molar-refractivity contribution in [2.24, 2.45) is 0 Å². The SMILES string of the molecule is CCN(CC)CCc1noc(CC(=O)c2ccccc2)n1. The van der Waals surface area contributed by atoms with Crippen molar-refractivity contribution in [3.8, 4) is 0 Å². The van der Waals surface area contributed by atoms with Crippen LogP contribution in [0.25, 0.3) is 0 Å². The maximum Gasteiger partial charge on any atom is 0.234 e. The normalized spacial score (nSPS) is 11.0. The Morgan fingerprint density at radius 2 is 1.90 bits per heavy atom. The summed E-state index contributed by atoms with van der Waals surface area (Å²) in [6.07, 6.45) is 0.896. The summed E-state index contributed by atoms with van der Waals surface area (Å²) in [7, 11) is 0. The molecular weight excluding hydrogens is 266 g/mol. The number of hydrogen-bond donors (Lipinski definition) is 0. The average Bonchev–Trinajstić information content (AvgIpc) is 2.96. The third-order valence-electron chi connectivity index (χ3n) is 3.46. The van der Waals surface area contributed by atoms with Gasteiger partial charge in [0, 0.05) is 18.5 Å². The minimum absolute atomic E-state index is 0.00505. The van der Waals surface area contributed by atoms with Crippen molar-refractivity contribution in [2.45, 2.75) is 26.7 Å². The number of aromatic nitrogens is 2. The van der Waals surface area contributed by atoms with Crippen LogP contribution in [-0.2, 0) is 12.8 Å². The predicted molar refractivity (Wildman–Crippen MR) is 80.3 cm³/mol. The predicted octanol–water partition coefficient (Wildman–Crippen LogP) is 2.38. The highest BCUT2D eigenvalue weighted by atomic mass is 16.5. The molecule has 5 heteroatoms. The summed E-state index contributed by atoms with van der Waals surface area (Å²) in [6, 6.07) is 9.15. The van der Waals surface area contributed by atoms with E-state index in [0.29, 0.717) is 17.3 Å². The largest absolute Gasteiger partial charge is 0.339 e. The van der Waals surface area contributed by atoms with E-state index in [1.165, 1.54) is 0 Å². The molecule has 2 rings (SSSR count). The Bertz CT molecular complexity index is 562. The van der Waals surface area contributed by atoms with Crippen LogP contribution in [0.5, 0.6) is 0 Å². The highest BCUT2D eigenvalue weighted by Crippen LogP contribution is 2.06. The molecule has 1 aromatic carbocycles. The molecule has 0 aliphatic carbocycles. The first-order valence-electron chi connectivity index (χ1n) is 7.35. The summed E-state index contributed by atoms with van der Waals surface area (Å²) in [4.78, 5) is 18.6. The van der Waals surface area contributed by atoms with E-state index in [0.717, 1.165) is 26.1 Å². The minimum atomic E-state index is -0.00505. The molecule has 1 aromatic heterocycles. The Kier molecular flexibility index (Phi) is 5.63. The number of nitrogens with zero attached hydrogens (tertiary/aromatic N) is 3. The maximum absolute atomic E-state index is 12.0. The van der Waals surface area contributed by atoms with Crippen LogP contribution in [0.15, 0.2) is 34.9 Å². The molecule has 0 aliphatic heterocycles. The molecule has 0 radical (unpaired) electrons. The van der Waals surface area contributed by atoms with Gasteiger partial charge in [-0.25, -0.2) is 0 Å². The Hall–Kier alpha value is -2.01. The van der Waals surface area contributed by atoms with Gasteiger partial charge in [0.1, 0.15) is 0 Å². The summed E-state index contributed by atoms with van der Waals surface area (Å²) in [5.74, 6) is 1.05. The molecule has 0 atom stereocenters. The van der Waals surface area contributed by atoms with Crippen molar-refractivity contribution >= 4 is 5.78 Å². The van der Waals surface area contributed by atoms with E-state index in [9.17, 15) is 4.79 Å². The summed E-state index contributed by atoms with van der Waals surface area (Å²) >= 11 is 0. The van der Waals surface area contributed by atoms with Crippen LogP contribution >= 0.6 is 0 Å². The van der Waals surface area contributed by atoms with E-state index < -0.39 is 0 Å². The van der Waals surface area contributed by atoms with Gasteiger partial charge >= 0.3 is 0 Å². The molecular formula is C16H21N3O2. The lowest BCUT2D eigenvalue weighted by Gasteiger charge is -2.16. The fraction of sp³-hybridized carbons (Fsp3) is 0.438. The van der Waals surface area contributed by atoms with Gasteiger partial charge in [-0.15, -0.1) is 0 Å². The Labute approximate surface area is 125 Å². The minimum Gasteiger partial charge on any atom is -0.339 e. The summed E-state index contributed by atoms with van der Waals surface area (Å²) in [5, 5.41) is 3.94. The topological polar surface area (TPSA) is 59.2 Å². The molecule has 0 bridgehead atoms. The molecule has 0 unspecified atom stereocenters. The first-order valence-corrected chi connectivity index (χ1v) is 7.35. The van der Waals surface area contributed by atoms with Gasteiger partial charge in [0.05, 0.1) is 6.42 Å². The first kappa shape index (κ1) is 15.4. The molecule has 0 aliphatic rings. The quantitative estimate of drug-likeness (QED) is 0.698. The zero-order valence-electron chi connectivity index (χ0n) is 12.6. The molecule has 0 N–H and O–H groups in total. The van der Waals surface area contributed by atoms with Crippen LogP contribution in [0.3, 0.4) is 0 Å². The van der Waals surface area contributed by atoms with Gasteiger partial charge in [-0.05, 0) is 13.1 Å². The molecule has 1 heterocycles. The molecule has 0 saturated carbocycles. The van der Waals surface area contributed by atoms with E-state index >= 15 is 0 Å². The smallest absolute Gasteiger partial charge is 0.234 e. The van der Waals surface area contributed by atoms with E-state index in [1.54, 1.807) is 12.1 Å². The van der Waals surface area contributed by atoms with Crippen LogP contribution in [0, 0.1) is 0 Å². The zero-order valence-corrected chi connectivity index (χ0v) is 12.6. The third-order valence-corrected chi connectivity index (χ3v) is 3.46. The fourth-order valence-corrected chi connectivity index (χ4v) is 2.12. The highest BCUT2D eigenvalue weighted by molar-refractivity contribution is 5.96. The van der Waals surface area contributed by atoms with E-state index in [4.69, 9.17) is 4.52 Å². The molecule has 0 amide bonds. The number of carbonyl (C=O) groups is 1. The molecule has 0 saturated heterocycles. The number of hydrogen-bond acceptors (Lipinski definition) is 5. The van der Waals surface area contributed by atoms with Crippen LogP contribution in [-0.4, -0.2) is 40.5 Å². The number of likely N-dealkylation sites (N-methyl/N-ethyl adjacent to an activating group) is 1. The van der Waals surface area contributed by atoms with Crippen molar-refractivity contribution in [3.63, 3.8) is 0 Å². The lowest BCUT2D eigenvalue weighted by Crippen LogP contribution is -2.25. The average molecular weight is 287 g/mol. The van der Waals surface area contributed by atoms with E-state index in [1.807, 2.05) is 18.2 Å². The second-order valence-electron chi connectivity index (χ2n) is 4.85. The van der Waals surface area contributed by atoms with Crippen LogP contribution in [0.2, 0.25) is 0 Å². The van der Waals surface area contributed by atoms with Gasteiger partial charge in [0.2, 0.25) is 5.89 Å². The highest BCUT2D eigenvalue weighted by Gasteiger charge is 2.13. The van der Waals surface area contributed by atoms with Gasteiger partial charge in [-0.2, -0.15) is 4.98 Å². The standard InChI is InChI=1S/C16H21N3O2/c1-3-19(4-2)11-10-15-17-16(21-18-15)12-14(20)13-8-6-5-7-9-13/h5-9H,3-4,10-12H2,1-2H3. The summed E-state index contributed by atoms with van der Waals surface area (Å²) in [6.45, 7) is 7.17. The third kappa shape index (κ3) is 4.49. The van der Waals surface area contributed by atoms with E-state index in [2.05, 4.69) is 28.9 Å². The van der Waals surface area contributed by atoms with Crippen LogP contribution in [0.1, 0.15) is 35.9 Å². The van der Waals surface area contributed by atoms with Crippen molar-refractivity contribution < 1.29 is 9.32 Å². The van der Waals surface area contributed by atoms with Crippen LogP contribution in [0.4, 0.5) is 0 Å². The van der Waals surface area contributed by atoms with Gasteiger partial charge in [-0.3, -0.25) is 4.79 Å². The second-order valence-corrected chi connectivity index (χ2v) is 4.85. The Morgan fingerprint density at radius 1 is 1.19 bits per heavy atom.